The Hall–Kier alpha value is -3.56. The SMILES string of the molecule is C[C@H](c1ccccc1)N1Cc2cc3cn[nH]c3cc2NC1=O.O=C(O)C(F)(F)F. The van der Waals surface area contributed by atoms with Crippen molar-refractivity contribution in [3.63, 3.8) is 0 Å². The highest BCUT2D eigenvalue weighted by Crippen LogP contribution is 2.32. The van der Waals surface area contributed by atoms with E-state index in [0.29, 0.717) is 6.54 Å². The fourth-order valence-electron chi connectivity index (χ4n) is 2.95. The molecule has 3 aromatic rings. The van der Waals surface area contributed by atoms with Crippen LogP contribution in [0.25, 0.3) is 10.9 Å². The number of benzene rings is 2. The van der Waals surface area contributed by atoms with Crippen LogP contribution >= 0.6 is 0 Å². The molecule has 2 aromatic carbocycles. The van der Waals surface area contributed by atoms with E-state index in [4.69, 9.17) is 9.90 Å². The van der Waals surface area contributed by atoms with Gasteiger partial charge in [-0.15, -0.1) is 0 Å². The fourth-order valence-corrected chi connectivity index (χ4v) is 2.95. The average Bonchev–Trinajstić information content (AvgIpc) is 3.13. The third-order valence-corrected chi connectivity index (χ3v) is 4.50. The number of aliphatic carboxylic acids is 1. The first-order valence-electron chi connectivity index (χ1n) is 8.55. The molecule has 0 aliphatic carbocycles. The molecule has 0 unspecified atom stereocenters. The molecule has 1 aliphatic heterocycles. The average molecular weight is 406 g/mol. The molecule has 0 saturated carbocycles. The molecule has 2 heterocycles. The standard InChI is InChI=1S/C17H16N4O.C2HF3O2/c1-11(12-5-3-2-4-6-12)21-10-14-7-13-9-18-20-16(13)8-15(14)19-17(21)22;3-2(4,5)1(6)7/h2-9,11H,10H2,1H3,(H,18,20)(H,19,22);(H,6,7)/t11-;/m1./s1. The number of nitrogens with zero attached hydrogens (tertiary/aromatic N) is 2. The van der Waals surface area contributed by atoms with Gasteiger partial charge in [0.1, 0.15) is 0 Å². The maximum Gasteiger partial charge on any atom is 0.490 e. The number of alkyl halides is 3. The molecule has 0 spiro atoms. The number of fused-ring (bicyclic) bond motifs is 2. The van der Waals surface area contributed by atoms with E-state index in [9.17, 15) is 18.0 Å². The van der Waals surface area contributed by atoms with Crippen molar-refractivity contribution < 1.29 is 27.9 Å². The molecule has 29 heavy (non-hydrogen) atoms. The van der Waals surface area contributed by atoms with Gasteiger partial charge in [0.05, 0.1) is 24.3 Å². The molecular weight excluding hydrogens is 389 g/mol. The van der Waals surface area contributed by atoms with Crippen molar-refractivity contribution >= 4 is 28.6 Å². The number of urea groups is 1. The number of carbonyl (C=O) groups is 2. The van der Waals surface area contributed by atoms with E-state index in [-0.39, 0.29) is 12.1 Å². The Morgan fingerprint density at radius 3 is 2.52 bits per heavy atom. The monoisotopic (exact) mass is 406 g/mol. The molecule has 10 heteroatoms. The first kappa shape index (κ1) is 20.2. The van der Waals surface area contributed by atoms with E-state index in [0.717, 1.165) is 27.7 Å². The molecule has 0 fully saturated rings. The van der Waals surface area contributed by atoms with Crippen molar-refractivity contribution in [3.8, 4) is 0 Å². The lowest BCUT2D eigenvalue weighted by Gasteiger charge is -2.34. The summed E-state index contributed by atoms with van der Waals surface area (Å²) in [6, 6.07) is 14.1. The van der Waals surface area contributed by atoms with E-state index in [1.807, 2.05) is 41.3 Å². The number of hydrogen-bond donors (Lipinski definition) is 3. The summed E-state index contributed by atoms with van der Waals surface area (Å²) < 4.78 is 31.7. The molecule has 1 atom stereocenters. The molecule has 3 N–H and O–H groups in total. The van der Waals surface area contributed by atoms with Gasteiger partial charge in [0, 0.05) is 11.1 Å². The number of anilines is 1. The van der Waals surface area contributed by atoms with Crippen LogP contribution in [0.4, 0.5) is 23.7 Å². The lowest BCUT2D eigenvalue weighted by atomic mass is 10.0. The highest BCUT2D eigenvalue weighted by Gasteiger charge is 2.38. The molecule has 0 saturated heterocycles. The van der Waals surface area contributed by atoms with Gasteiger partial charge in [0.15, 0.2) is 0 Å². The smallest absolute Gasteiger partial charge is 0.475 e. The zero-order chi connectivity index (χ0) is 21.2. The highest BCUT2D eigenvalue weighted by molar-refractivity contribution is 5.96. The Kier molecular flexibility index (Phi) is 5.44. The number of H-pyrrole nitrogens is 1. The van der Waals surface area contributed by atoms with Gasteiger partial charge in [-0.05, 0) is 30.2 Å². The van der Waals surface area contributed by atoms with Crippen LogP contribution in [0.1, 0.15) is 24.1 Å². The van der Waals surface area contributed by atoms with Gasteiger partial charge in [-0.3, -0.25) is 5.10 Å². The van der Waals surface area contributed by atoms with Crippen LogP contribution in [0.3, 0.4) is 0 Å². The Labute approximate surface area is 163 Å². The van der Waals surface area contributed by atoms with Crippen LogP contribution in [-0.2, 0) is 11.3 Å². The third-order valence-electron chi connectivity index (χ3n) is 4.50. The van der Waals surface area contributed by atoms with Crippen LogP contribution in [-0.4, -0.2) is 38.4 Å². The van der Waals surface area contributed by atoms with Gasteiger partial charge in [-0.2, -0.15) is 18.3 Å². The number of nitrogens with one attached hydrogen (secondary N) is 2. The molecule has 152 valence electrons. The van der Waals surface area contributed by atoms with Gasteiger partial charge in [-0.25, -0.2) is 9.59 Å². The summed E-state index contributed by atoms with van der Waals surface area (Å²) in [6.45, 7) is 2.65. The zero-order valence-electron chi connectivity index (χ0n) is 15.2. The van der Waals surface area contributed by atoms with E-state index in [1.165, 1.54) is 0 Å². The topological polar surface area (TPSA) is 98.3 Å². The maximum atomic E-state index is 12.4. The zero-order valence-corrected chi connectivity index (χ0v) is 15.2. The first-order valence-corrected chi connectivity index (χ1v) is 8.55. The Bertz CT molecular complexity index is 1030. The van der Waals surface area contributed by atoms with Crippen LogP contribution in [0.2, 0.25) is 0 Å². The summed E-state index contributed by atoms with van der Waals surface area (Å²) in [5, 5.41) is 18.1. The minimum absolute atomic E-state index is 0.0226. The summed E-state index contributed by atoms with van der Waals surface area (Å²) in [6.07, 6.45) is -3.28. The molecule has 0 radical (unpaired) electrons. The highest BCUT2D eigenvalue weighted by atomic mass is 19.4. The van der Waals surface area contributed by atoms with Crippen molar-refractivity contribution in [3.05, 3.63) is 59.8 Å². The van der Waals surface area contributed by atoms with Gasteiger partial charge in [0.25, 0.3) is 0 Å². The summed E-state index contributed by atoms with van der Waals surface area (Å²) in [5.41, 5.74) is 4.03. The first-order chi connectivity index (χ1) is 13.7. The molecule has 2 amide bonds. The number of amides is 2. The normalized spacial score (nSPS) is 14.5. The van der Waals surface area contributed by atoms with Crippen molar-refractivity contribution in [2.45, 2.75) is 25.7 Å². The van der Waals surface area contributed by atoms with Gasteiger partial charge in [-0.1, -0.05) is 30.3 Å². The van der Waals surface area contributed by atoms with Crippen LogP contribution in [0.5, 0.6) is 0 Å². The summed E-state index contributed by atoms with van der Waals surface area (Å²) in [4.78, 5) is 23.2. The second-order valence-corrected chi connectivity index (χ2v) is 6.41. The third kappa shape index (κ3) is 4.48. The van der Waals surface area contributed by atoms with E-state index in [2.05, 4.69) is 28.5 Å². The minimum Gasteiger partial charge on any atom is -0.475 e. The van der Waals surface area contributed by atoms with Crippen molar-refractivity contribution in [1.82, 2.24) is 15.1 Å². The number of halogens is 3. The Balaban J connectivity index is 0.000000298. The van der Waals surface area contributed by atoms with E-state index < -0.39 is 12.1 Å². The number of carbonyl (C=O) groups excluding carboxylic acids is 1. The number of aromatic nitrogens is 2. The molecular formula is C19H17F3N4O3. The molecule has 0 bridgehead atoms. The van der Waals surface area contributed by atoms with Gasteiger partial charge < -0.3 is 15.3 Å². The Morgan fingerprint density at radius 2 is 1.90 bits per heavy atom. The quantitative estimate of drug-likeness (QED) is 0.591. The summed E-state index contributed by atoms with van der Waals surface area (Å²) in [5.74, 6) is -2.76. The van der Waals surface area contributed by atoms with Crippen molar-refractivity contribution in [2.24, 2.45) is 0 Å². The molecule has 7 nitrogen and oxygen atoms in total. The fraction of sp³-hybridized carbons (Fsp3) is 0.211. The number of aromatic amines is 1. The number of hydrogen-bond acceptors (Lipinski definition) is 3. The lowest BCUT2D eigenvalue weighted by Crippen LogP contribution is -2.40. The number of carboxylic acids is 1. The van der Waals surface area contributed by atoms with Gasteiger partial charge in [0.2, 0.25) is 0 Å². The van der Waals surface area contributed by atoms with Crippen molar-refractivity contribution in [2.75, 3.05) is 5.32 Å². The van der Waals surface area contributed by atoms with Crippen LogP contribution < -0.4 is 5.32 Å². The van der Waals surface area contributed by atoms with E-state index >= 15 is 0 Å². The Morgan fingerprint density at radius 1 is 1.24 bits per heavy atom. The van der Waals surface area contributed by atoms with Crippen molar-refractivity contribution in [1.29, 1.82) is 0 Å². The van der Waals surface area contributed by atoms with Crippen LogP contribution in [0.15, 0.2) is 48.7 Å². The summed E-state index contributed by atoms with van der Waals surface area (Å²) in [7, 11) is 0. The largest absolute Gasteiger partial charge is 0.490 e. The minimum atomic E-state index is -5.08. The molecule has 1 aliphatic rings. The van der Waals surface area contributed by atoms with E-state index in [1.54, 1.807) is 6.20 Å². The second-order valence-electron chi connectivity index (χ2n) is 6.41. The van der Waals surface area contributed by atoms with Gasteiger partial charge >= 0.3 is 18.2 Å². The lowest BCUT2D eigenvalue weighted by molar-refractivity contribution is -0.192. The maximum absolute atomic E-state index is 12.4. The molecule has 4 rings (SSSR count). The second kappa shape index (κ2) is 7.82. The predicted octanol–water partition coefficient (Wildman–Crippen LogP) is 4.30. The number of rotatable bonds is 2. The van der Waals surface area contributed by atoms with Crippen LogP contribution in [0, 0.1) is 0 Å². The number of carboxylic acid groups (broad SMARTS) is 1. The summed E-state index contributed by atoms with van der Waals surface area (Å²) >= 11 is 0. The predicted molar refractivity (Wildman–Crippen MR) is 99.2 cm³/mol. The molecule has 1 aromatic heterocycles.